The van der Waals surface area contributed by atoms with E-state index in [2.05, 4.69) is 37.3 Å². The molecule has 98 valence electrons. The molecule has 0 spiro atoms. The molecule has 0 unspecified atom stereocenters. The summed E-state index contributed by atoms with van der Waals surface area (Å²) in [5.74, 6) is 1.88. The highest BCUT2D eigenvalue weighted by Crippen LogP contribution is 2.35. The third-order valence-corrected chi connectivity index (χ3v) is 4.20. The van der Waals surface area contributed by atoms with Crippen molar-refractivity contribution in [3.63, 3.8) is 0 Å². The van der Waals surface area contributed by atoms with Crippen molar-refractivity contribution in [2.24, 2.45) is 11.8 Å². The zero-order valence-corrected chi connectivity index (χ0v) is 11.4. The van der Waals surface area contributed by atoms with Crippen molar-refractivity contribution in [3.8, 4) is 0 Å². The monoisotopic (exact) mass is 252 g/mol. The second-order valence-electron chi connectivity index (χ2n) is 6.04. The summed E-state index contributed by atoms with van der Waals surface area (Å²) in [7, 11) is 0. The second-order valence-corrected chi connectivity index (χ2v) is 6.04. The fraction of sp³-hybridized carbons (Fsp3) is 0.389. The van der Waals surface area contributed by atoms with E-state index in [-0.39, 0.29) is 0 Å². The number of rotatable bonds is 4. The SMILES string of the molecule is CC1CC(CC(=O)Cc2ccc3ccccc3c2)C1. The Morgan fingerprint density at radius 3 is 2.58 bits per heavy atom. The fourth-order valence-corrected chi connectivity index (χ4v) is 3.21. The average Bonchev–Trinajstić information content (AvgIpc) is 2.37. The van der Waals surface area contributed by atoms with Gasteiger partial charge in [0.05, 0.1) is 0 Å². The van der Waals surface area contributed by atoms with Crippen LogP contribution in [0.1, 0.15) is 31.7 Å². The summed E-state index contributed by atoms with van der Waals surface area (Å²) in [4.78, 5) is 12.1. The highest BCUT2D eigenvalue weighted by atomic mass is 16.1. The third kappa shape index (κ3) is 2.86. The van der Waals surface area contributed by atoms with Crippen LogP contribution in [-0.4, -0.2) is 5.78 Å². The number of ketones is 1. The molecule has 0 radical (unpaired) electrons. The smallest absolute Gasteiger partial charge is 0.137 e. The van der Waals surface area contributed by atoms with Gasteiger partial charge in [-0.2, -0.15) is 0 Å². The van der Waals surface area contributed by atoms with Crippen molar-refractivity contribution in [3.05, 3.63) is 48.0 Å². The van der Waals surface area contributed by atoms with Gasteiger partial charge in [-0.3, -0.25) is 4.79 Å². The van der Waals surface area contributed by atoms with Crippen LogP contribution in [0.4, 0.5) is 0 Å². The Morgan fingerprint density at radius 2 is 1.84 bits per heavy atom. The lowest BCUT2D eigenvalue weighted by Crippen LogP contribution is -2.24. The van der Waals surface area contributed by atoms with E-state index in [1.54, 1.807) is 0 Å². The maximum atomic E-state index is 12.1. The van der Waals surface area contributed by atoms with Crippen LogP contribution in [0.2, 0.25) is 0 Å². The van der Waals surface area contributed by atoms with Crippen LogP contribution < -0.4 is 0 Å². The van der Waals surface area contributed by atoms with Crippen LogP contribution in [-0.2, 0) is 11.2 Å². The summed E-state index contributed by atoms with van der Waals surface area (Å²) in [6, 6.07) is 14.7. The minimum Gasteiger partial charge on any atom is -0.299 e. The molecule has 2 aromatic carbocycles. The predicted octanol–water partition coefficient (Wildman–Crippen LogP) is 4.39. The first-order chi connectivity index (χ1) is 9.20. The molecule has 0 heterocycles. The van der Waals surface area contributed by atoms with E-state index in [0.29, 0.717) is 18.1 Å². The summed E-state index contributed by atoms with van der Waals surface area (Å²) >= 11 is 0. The normalized spacial score (nSPS) is 22.2. The van der Waals surface area contributed by atoms with Crippen molar-refractivity contribution in [2.45, 2.75) is 32.6 Å². The first kappa shape index (κ1) is 12.4. The van der Waals surface area contributed by atoms with E-state index in [9.17, 15) is 4.79 Å². The number of carbonyl (C=O) groups is 1. The lowest BCUT2D eigenvalue weighted by Gasteiger charge is -2.32. The standard InChI is InChI=1S/C18H20O/c1-13-8-15(9-13)12-18(19)11-14-6-7-16-4-2-3-5-17(16)10-14/h2-7,10,13,15H,8-9,11-12H2,1H3. The lowest BCUT2D eigenvalue weighted by atomic mass is 9.73. The van der Waals surface area contributed by atoms with Gasteiger partial charge in [0.15, 0.2) is 0 Å². The summed E-state index contributed by atoms with van der Waals surface area (Å²) in [5, 5.41) is 2.47. The minimum absolute atomic E-state index is 0.396. The second kappa shape index (κ2) is 5.16. The molecule has 0 aromatic heterocycles. The zero-order chi connectivity index (χ0) is 13.2. The Kier molecular flexibility index (Phi) is 3.37. The van der Waals surface area contributed by atoms with Gasteiger partial charge in [-0.15, -0.1) is 0 Å². The van der Waals surface area contributed by atoms with Crippen LogP contribution in [0.25, 0.3) is 10.8 Å². The maximum Gasteiger partial charge on any atom is 0.137 e. The Morgan fingerprint density at radius 1 is 1.11 bits per heavy atom. The topological polar surface area (TPSA) is 17.1 Å². The zero-order valence-electron chi connectivity index (χ0n) is 11.4. The molecule has 1 saturated carbocycles. The van der Waals surface area contributed by atoms with Crippen LogP contribution in [0, 0.1) is 11.8 Å². The number of benzene rings is 2. The largest absolute Gasteiger partial charge is 0.299 e. The van der Waals surface area contributed by atoms with E-state index in [4.69, 9.17) is 0 Å². The van der Waals surface area contributed by atoms with Gasteiger partial charge in [-0.1, -0.05) is 49.4 Å². The molecule has 1 fully saturated rings. The first-order valence-electron chi connectivity index (χ1n) is 7.20. The Bertz CT molecular complexity index is 593. The van der Waals surface area contributed by atoms with Crippen LogP contribution in [0.5, 0.6) is 0 Å². The number of hydrogen-bond acceptors (Lipinski definition) is 1. The number of Topliss-reactive ketones (excluding diaryl/α,β-unsaturated/α-hetero) is 1. The molecule has 3 rings (SSSR count). The summed E-state index contributed by atoms with van der Waals surface area (Å²) in [5.41, 5.74) is 1.15. The molecule has 0 amide bonds. The van der Waals surface area contributed by atoms with E-state index in [0.717, 1.165) is 17.9 Å². The van der Waals surface area contributed by atoms with Gasteiger partial charge in [-0.05, 0) is 41.0 Å². The average molecular weight is 252 g/mol. The van der Waals surface area contributed by atoms with Gasteiger partial charge in [0.2, 0.25) is 0 Å². The van der Waals surface area contributed by atoms with Crippen molar-refractivity contribution in [1.29, 1.82) is 0 Å². The molecule has 1 aliphatic rings. The Balaban J connectivity index is 1.65. The first-order valence-corrected chi connectivity index (χ1v) is 7.20. The van der Waals surface area contributed by atoms with Crippen LogP contribution >= 0.6 is 0 Å². The van der Waals surface area contributed by atoms with Gasteiger partial charge < -0.3 is 0 Å². The van der Waals surface area contributed by atoms with Crippen molar-refractivity contribution >= 4 is 16.6 Å². The highest BCUT2D eigenvalue weighted by molar-refractivity contribution is 5.86. The molecular formula is C18H20O. The van der Waals surface area contributed by atoms with E-state index >= 15 is 0 Å². The molecule has 19 heavy (non-hydrogen) atoms. The van der Waals surface area contributed by atoms with Crippen molar-refractivity contribution < 1.29 is 4.79 Å². The molecular weight excluding hydrogens is 232 g/mol. The van der Waals surface area contributed by atoms with Crippen LogP contribution in [0.15, 0.2) is 42.5 Å². The molecule has 0 aliphatic heterocycles. The van der Waals surface area contributed by atoms with Gasteiger partial charge in [0.1, 0.15) is 5.78 Å². The van der Waals surface area contributed by atoms with E-state index < -0.39 is 0 Å². The number of hydrogen-bond donors (Lipinski definition) is 0. The Hall–Kier alpha value is -1.63. The quantitative estimate of drug-likeness (QED) is 0.788. The molecule has 1 aliphatic carbocycles. The summed E-state index contributed by atoms with van der Waals surface area (Å²) in [6.07, 6.45) is 3.85. The Labute approximate surface area is 114 Å². The van der Waals surface area contributed by atoms with E-state index in [1.165, 1.54) is 23.6 Å². The van der Waals surface area contributed by atoms with Crippen molar-refractivity contribution in [1.82, 2.24) is 0 Å². The predicted molar refractivity (Wildman–Crippen MR) is 79.2 cm³/mol. The van der Waals surface area contributed by atoms with Gasteiger partial charge in [0.25, 0.3) is 0 Å². The van der Waals surface area contributed by atoms with E-state index in [1.807, 2.05) is 12.1 Å². The number of fused-ring (bicyclic) bond motifs is 1. The molecule has 0 saturated heterocycles. The van der Waals surface area contributed by atoms with Gasteiger partial charge in [-0.25, -0.2) is 0 Å². The van der Waals surface area contributed by atoms with Gasteiger partial charge >= 0.3 is 0 Å². The number of carbonyl (C=O) groups excluding carboxylic acids is 1. The molecule has 1 nitrogen and oxygen atoms in total. The van der Waals surface area contributed by atoms with Crippen LogP contribution in [0.3, 0.4) is 0 Å². The maximum absolute atomic E-state index is 12.1. The summed E-state index contributed by atoms with van der Waals surface area (Å²) in [6.45, 7) is 2.27. The summed E-state index contributed by atoms with van der Waals surface area (Å²) < 4.78 is 0. The fourth-order valence-electron chi connectivity index (χ4n) is 3.21. The molecule has 2 aromatic rings. The molecule has 0 bridgehead atoms. The molecule has 1 heteroatoms. The minimum atomic E-state index is 0.396. The highest BCUT2D eigenvalue weighted by Gasteiger charge is 2.26. The van der Waals surface area contributed by atoms with Gasteiger partial charge in [0, 0.05) is 12.8 Å². The lowest BCUT2D eigenvalue weighted by molar-refractivity contribution is -0.120. The molecule has 0 N–H and O–H groups in total. The van der Waals surface area contributed by atoms with Crippen molar-refractivity contribution in [2.75, 3.05) is 0 Å². The third-order valence-electron chi connectivity index (χ3n) is 4.20. The molecule has 0 atom stereocenters.